The SMILES string of the molecule is C=CCN1CCC2(c3cccc(O)c3)C[C@H](NC(=O)Cc3ccc(Cl)c(Cl)c3)CC(OC)C2C1. The molecule has 1 saturated heterocycles. The number of likely N-dealkylation sites (tertiary alicyclic amines) is 1. The monoisotopic (exact) mass is 502 g/mol. The lowest BCUT2D eigenvalue weighted by Gasteiger charge is -2.55. The molecule has 2 aromatic carbocycles. The average Bonchev–Trinajstić information content (AvgIpc) is 2.81. The summed E-state index contributed by atoms with van der Waals surface area (Å²) in [6.07, 6.45) is 4.64. The highest BCUT2D eigenvalue weighted by Crippen LogP contribution is 2.50. The number of carbonyl (C=O) groups excluding carboxylic acids is 1. The van der Waals surface area contributed by atoms with Gasteiger partial charge in [-0.15, -0.1) is 6.58 Å². The fourth-order valence-electron chi connectivity index (χ4n) is 5.91. The van der Waals surface area contributed by atoms with E-state index in [1.165, 1.54) is 0 Å². The van der Waals surface area contributed by atoms with Crippen LogP contribution in [-0.4, -0.2) is 54.8 Å². The highest BCUT2D eigenvalue weighted by molar-refractivity contribution is 6.42. The van der Waals surface area contributed by atoms with Crippen LogP contribution in [0.2, 0.25) is 10.0 Å². The van der Waals surface area contributed by atoms with Crippen LogP contribution in [0.3, 0.4) is 0 Å². The number of hydrogen-bond acceptors (Lipinski definition) is 4. The maximum atomic E-state index is 13.0. The van der Waals surface area contributed by atoms with Gasteiger partial charge in [-0.3, -0.25) is 9.69 Å². The van der Waals surface area contributed by atoms with Crippen LogP contribution in [0.25, 0.3) is 0 Å². The van der Waals surface area contributed by atoms with Gasteiger partial charge in [0.2, 0.25) is 5.91 Å². The Morgan fingerprint density at radius 3 is 2.82 bits per heavy atom. The summed E-state index contributed by atoms with van der Waals surface area (Å²) < 4.78 is 6.02. The highest BCUT2D eigenvalue weighted by Gasteiger charge is 2.52. The number of benzene rings is 2. The summed E-state index contributed by atoms with van der Waals surface area (Å²) in [6, 6.07) is 12.8. The minimum Gasteiger partial charge on any atom is -0.508 e. The molecule has 34 heavy (non-hydrogen) atoms. The number of carbonyl (C=O) groups is 1. The predicted octanol–water partition coefficient (Wildman–Crippen LogP) is 4.98. The number of nitrogens with zero attached hydrogens (tertiary/aromatic N) is 1. The van der Waals surface area contributed by atoms with Crippen LogP contribution < -0.4 is 5.32 Å². The minimum absolute atomic E-state index is 0.0148. The third-order valence-electron chi connectivity index (χ3n) is 7.44. The Morgan fingerprint density at radius 1 is 1.29 bits per heavy atom. The molecular weight excluding hydrogens is 471 g/mol. The van der Waals surface area contributed by atoms with Gasteiger partial charge in [-0.2, -0.15) is 0 Å². The second kappa shape index (κ2) is 10.7. The first-order valence-corrected chi connectivity index (χ1v) is 12.5. The van der Waals surface area contributed by atoms with Crippen LogP contribution in [0.4, 0.5) is 0 Å². The molecule has 4 rings (SSSR count). The summed E-state index contributed by atoms with van der Waals surface area (Å²) in [7, 11) is 1.75. The van der Waals surface area contributed by atoms with Gasteiger partial charge in [0.05, 0.1) is 22.6 Å². The van der Waals surface area contributed by atoms with E-state index in [9.17, 15) is 9.90 Å². The molecule has 1 aliphatic heterocycles. The van der Waals surface area contributed by atoms with E-state index in [2.05, 4.69) is 22.9 Å². The number of nitrogens with one attached hydrogen (secondary N) is 1. The minimum atomic E-state index is -0.198. The number of phenolic OH excluding ortho intramolecular Hbond substituents is 1. The molecule has 1 aliphatic carbocycles. The number of halogens is 2. The maximum Gasteiger partial charge on any atom is 0.224 e. The fraction of sp³-hybridized carbons (Fsp3) is 0.444. The molecule has 0 aromatic heterocycles. The molecule has 1 saturated carbocycles. The lowest BCUT2D eigenvalue weighted by Crippen LogP contribution is -2.61. The maximum absolute atomic E-state index is 13.0. The zero-order valence-electron chi connectivity index (χ0n) is 19.5. The van der Waals surface area contributed by atoms with Crippen LogP contribution in [0.1, 0.15) is 30.4 Å². The van der Waals surface area contributed by atoms with Crippen molar-refractivity contribution in [3.05, 3.63) is 76.3 Å². The molecule has 0 spiro atoms. The van der Waals surface area contributed by atoms with Crippen molar-refractivity contribution in [1.29, 1.82) is 0 Å². The van der Waals surface area contributed by atoms with E-state index in [0.29, 0.717) is 10.0 Å². The predicted molar refractivity (Wildman–Crippen MR) is 137 cm³/mol. The van der Waals surface area contributed by atoms with Crippen molar-refractivity contribution in [3.63, 3.8) is 0 Å². The second-order valence-electron chi connectivity index (χ2n) is 9.51. The Balaban J connectivity index is 1.58. The number of piperidine rings is 1. The molecule has 182 valence electrons. The first kappa shape index (κ1) is 25.1. The van der Waals surface area contributed by atoms with E-state index in [1.807, 2.05) is 24.3 Å². The molecule has 7 heteroatoms. The molecule has 5 nitrogen and oxygen atoms in total. The summed E-state index contributed by atoms with van der Waals surface area (Å²) in [6.45, 7) is 6.57. The molecule has 4 atom stereocenters. The van der Waals surface area contributed by atoms with Gasteiger partial charge in [-0.05, 0) is 61.2 Å². The first-order valence-electron chi connectivity index (χ1n) is 11.7. The van der Waals surface area contributed by atoms with Crippen LogP contribution in [-0.2, 0) is 21.4 Å². The van der Waals surface area contributed by atoms with Crippen LogP contribution in [0.15, 0.2) is 55.1 Å². The van der Waals surface area contributed by atoms with Gasteiger partial charge in [-0.1, -0.05) is 47.5 Å². The standard InChI is InChI=1S/C27H32Cl2N2O3/c1-3-10-31-11-9-27(19-5-4-6-21(32)14-19)16-20(15-25(34-2)22(27)17-31)30-26(33)13-18-7-8-23(28)24(29)12-18/h3-8,12,14,20,22,25,32H,1,9-11,13,15-17H2,2H3,(H,30,33)/t20-,22?,25?,27?/m1/s1. The van der Waals surface area contributed by atoms with Crippen molar-refractivity contribution in [2.75, 3.05) is 26.7 Å². The van der Waals surface area contributed by atoms with Gasteiger partial charge >= 0.3 is 0 Å². The third-order valence-corrected chi connectivity index (χ3v) is 8.18. The Kier molecular flexibility index (Phi) is 7.88. The van der Waals surface area contributed by atoms with E-state index in [-0.39, 0.29) is 41.6 Å². The number of amides is 1. The Bertz CT molecular complexity index is 1050. The molecule has 1 heterocycles. The Labute approximate surface area is 211 Å². The second-order valence-corrected chi connectivity index (χ2v) is 10.3. The van der Waals surface area contributed by atoms with Crippen LogP contribution >= 0.6 is 23.2 Å². The quantitative estimate of drug-likeness (QED) is 0.524. The van der Waals surface area contributed by atoms with Gasteiger partial charge < -0.3 is 15.2 Å². The van der Waals surface area contributed by atoms with E-state index in [0.717, 1.165) is 50.0 Å². The van der Waals surface area contributed by atoms with Crippen molar-refractivity contribution in [1.82, 2.24) is 10.2 Å². The molecule has 1 amide bonds. The zero-order chi connectivity index (χ0) is 24.3. The Morgan fingerprint density at radius 2 is 2.12 bits per heavy atom. The van der Waals surface area contributed by atoms with Crippen LogP contribution in [0, 0.1) is 5.92 Å². The summed E-state index contributed by atoms with van der Waals surface area (Å²) in [4.78, 5) is 15.4. The normalized spacial score (nSPS) is 27.1. The summed E-state index contributed by atoms with van der Waals surface area (Å²) in [5.41, 5.74) is 1.74. The van der Waals surface area contributed by atoms with E-state index >= 15 is 0 Å². The van der Waals surface area contributed by atoms with Gasteiger partial charge in [0.15, 0.2) is 0 Å². The number of rotatable bonds is 7. The molecule has 0 bridgehead atoms. The fourth-order valence-corrected chi connectivity index (χ4v) is 6.23. The molecule has 3 unspecified atom stereocenters. The smallest absolute Gasteiger partial charge is 0.224 e. The molecule has 2 aromatic rings. The number of fused-ring (bicyclic) bond motifs is 1. The van der Waals surface area contributed by atoms with E-state index in [1.54, 1.807) is 25.3 Å². The molecule has 2 aliphatic rings. The van der Waals surface area contributed by atoms with Gasteiger partial charge in [0.25, 0.3) is 0 Å². The zero-order valence-corrected chi connectivity index (χ0v) is 21.0. The molecular formula is C27H32Cl2N2O3. The number of phenols is 1. The Hall–Kier alpha value is -2.05. The molecule has 2 N–H and O–H groups in total. The number of hydrogen-bond donors (Lipinski definition) is 2. The van der Waals surface area contributed by atoms with Crippen molar-refractivity contribution in [2.24, 2.45) is 5.92 Å². The van der Waals surface area contributed by atoms with Gasteiger partial charge in [0, 0.05) is 37.6 Å². The lowest BCUT2D eigenvalue weighted by molar-refractivity contribution is -0.123. The topological polar surface area (TPSA) is 61.8 Å². The van der Waals surface area contributed by atoms with Gasteiger partial charge in [0.1, 0.15) is 5.75 Å². The summed E-state index contributed by atoms with van der Waals surface area (Å²) >= 11 is 12.1. The average molecular weight is 503 g/mol. The number of aromatic hydroxyl groups is 1. The van der Waals surface area contributed by atoms with E-state index in [4.69, 9.17) is 27.9 Å². The van der Waals surface area contributed by atoms with E-state index < -0.39 is 0 Å². The highest BCUT2D eigenvalue weighted by atomic mass is 35.5. The van der Waals surface area contributed by atoms with Crippen molar-refractivity contribution in [2.45, 2.75) is 43.2 Å². The molecule has 2 fully saturated rings. The number of methoxy groups -OCH3 is 1. The molecule has 0 radical (unpaired) electrons. The van der Waals surface area contributed by atoms with Crippen LogP contribution in [0.5, 0.6) is 5.75 Å². The van der Waals surface area contributed by atoms with Gasteiger partial charge in [-0.25, -0.2) is 0 Å². The summed E-state index contributed by atoms with van der Waals surface area (Å²) in [5.74, 6) is 0.460. The van der Waals surface area contributed by atoms with Crippen molar-refractivity contribution >= 4 is 29.1 Å². The van der Waals surface area contributed by atoms with Crippen molar-refractivity contribution in [3.8, 4) is 5.75 Å². The summed E-state index contributed by atoms with van der Waals surface area (Å²) in [5, 5.41) is 14.4. The lowest BCUT2D eigenvalue weighted by atomic mass is 9.57. The first-order chi connectivity index (χ1) is 16.3. The largest absolute Gasteiger partial charge is 0.508 e. The number of ether oxygens (including phenoxy) is 1. The third kappa shape index (κ3) is 5.28. The van der Waals surface area contributed by atoms with Crippen molar-refractivity contribution < 1.29 is 14.6 Å².